The summed E-state index contributed by atoms with van der Waals surface area (Å²) < 4.78 is 9.50. The molecule has 1 aliphatic heterocycles. The number of benzene rings is 1. The van der Waals surface area contributed by atoms with E-state index in [2.05, 4.69) is 10.6 Å². The van der Waals surface area contributed by atoms with Crippen molar-refractivity contribution in [3.63, 3.8) is 0 Å². The maximum absolute atomic E-state index is 11.6. The van der Waals surface area contributed by atoms with Crippen LogP contribution in [-0.4, -0.2) is 23.2 Å². The molecule has 0 atom stereocenters. The highest BCUT2D eigenvalue weighted by Gasteiger charge is 2.33. The lowest BCUT2D eigenvalue weighted by Gasteiger charge is -2.23. The zero-order valence-electron chi connectivity index (χ0n) is 16.9. The molecule has 2 aliphatic rings. The first-order chi connectivity index (χ1) is 14.7. The third-order valence-corrected chi connectivity index (χ3v) is 7.29. The van der Waals surface area contributed by atoms with Gasteiger partial charge in [-0.15, -0.1) is 11.3 Å². The van der Waals surface area contributed by atoms with E-state index in [1.807, 2.05) is 6.07 Å². The monoisotopic (exact) mass is 428 g/mol. The van der Waals surface area contributed by atoms with E-state index in [-0.39, 0.29) is 10.6 Å². The molecule has 30 heavy (non-hydrogen) atoms. The van der Waals surface area contributed by atoms with Crippen LogP contribution in [0.3, 0.4) is 0 Å². The van der Waals surface area contributed by atoms with Crippen molar-refractivity contribution in [2.75, 3.05) is 13.7 Å². The maximum Gasteiger partial charge on any atom is 0.311 e. The molecule has 0 radical (unpaired) electrons. The molecule has 7 nitrogen and oxygen atoms in total. The van der Waals surface area contributed by atoms with Gasteiger partial charge in [-0.05, 0) is 36.5 Å². The molecule has 0 spiro atoms. The minimum Gasteiger partial charge on any atom is -0.484 e. The lowest BCUT2D eigenvalue weighted by atomic mass is 9.83. The number of nitro groups is 1. The van der Waals surface area contributed by atoms with Crippen molar-refractivity contribution in [2.45, 2.75) is 51.2 Å². The van der Waals surface area contributed by atoms with Crippen molar-refractivity contribution < 1.29 is 19.4 Å². The third kappa shape index (κ3) is 3.19. The van der Waals surface area contributed by atoms with E-state index in [4.69, 9.17) is 14.5 Å². The van der Waals surface area contributed by atoms with Crippen LogP contribution in [0.25, 0.3) is 21.5 Å². The van der Waals surface area contributed by atoms with Crippen LogP contribution in [0.15, 0.2) is 24.3 Å². The Bertz CT molecular complexity index is 1100. The zero-order valence-corrected chi connectivity index (χ0v) is 17.7. The highest BCUT2D eigenvalue weighted by Crippen LogP contribution is 2.50. The van der Waals surface area contributed by atoms with Crippen LogP contribution in [0.5, 0.6) is 5.75 Å². The molecule has 0 bridgehead atoms. The van der Waals surface area contributed by atoms with E-state index in [0.29, 0.717) is 31.4 Å². The molecule has 158 valence electrons. The number of nitro benzene ring substituents is 1. The van der Waals surface area contributed by atoms with Crippen LogP contribution in [0, 0.1) is 10.1 Å². The van der Waals surface area contributed by atoms with Gasteiger partial charge in [0.05, 0.1) is 34.5 Å². The SMILES string of the molecule is COOCc1cc2c(s1)c(C1CCCCC1)c1n2CCOc2c-1cccc2[N+](=O)[O-]. The summed E-state index contributed by atoms with van der Waals surface area (Å²) in [5.74, 6) is 0.851. The van der Waals surface area contributed by atoms with Gasteiger partial charge in [-0.25, -0.2) is 9.78 Å². The number of aromatic nitrogens is 1. The van der Waals surface area contributed by atoms with Crippen LogP contribution in [0.4, 0.5) is 5.69 Å². The second kappa shape index (κ2) is 8.02. The molecule has 2 aromatic heterocycles. The molecule has 1 saturated carbocycles. The highest BCUT2D eigenvalue weighted by molar-refractivity contribution is 7.19. The predicted molar refractivity (Wildman–Crippen MR) is 115 cm³/mol. The Morgan fingerprint density at radius 2 is 2.13 bits per heavy atom. The van der Waals surface area contributed by atoms with Gasteiger partial charge in [0.1, 0.15) is 13.2 Å². The van der Waals surface area contributed by atoms with E-state index in [1.54, 1.807) is 17.4 Å². The molecule has 0 amide bonds. The van der Waals surface area contributed by atoms with Crippen molar-refractivity contribution in [1.29, 1.82) is 0 Å². The van der Waals surface area contributed by atoms with E-state index in [0.717, 1.165) is 34.5 Å². The number of rotatable bonds is 5. The first kappa shape index (κ1) is 19.5. The topological polar surface area (TPSA) is 75.8 Å². The zero-order chi connectivity index (χ0) is 20.7. The van der Waals surface area contributed by atoms with Crippen LogP contribution >= 0.6 is 11.3 Å². The standard InChI is InChI=1S/C22H24N2O5S/c1-27-29-13-15-12-18-22(30-15)19(14-6-3-2-4-7-14)20-16-8-5-9-17(24(25)26)21(16)28-11-10-23(18)20/h5,8-9,12,14H,2-4,6-7,10-11,13H2,1H3. The largest absolute Gasteiger partial charge is 0.484 e. The molecule has 3 aromatic rings. The van der Waals surface area contributed by atoms with E-state index >= 15 is 0 Å². The summed E-state index contributed by atoms with van der Waals surface area (Å²) in [6.07, 6.45) is 6.02. The fourth-order valence-electron chi connectivity index (χ4n) is 4.92. The van der Waals surface area contributed by atoms with Crippen LogP contribution in [0.1, 0.15) is 48.5 Å². The van der Waals surface area contributed by atoms with Crippen LogP contribution < -0.4 is 4.74 Å². The molecule has 1 fully saturated rings. The van der Waals surface area contributed by atoms with E-state index in [1.165, 1.54) is 42.7 Å². The fourth-order valence-corrected chi connectivity index (χ4v) is 6.11. The second-order valence-electron chi connectivity index (χ2n) is 7.86. The molecule has 1 aliphatic carbocycles. The van der Waals surface area contributed by atoms with Crippen molar-refractivity contribution in [3.8, 4) is 17.0 Å². The van der Waals surface area contributed by atoms with E-state index < -0.39 is 0 Å². The number of nitrogens with zero attached hydrogens (tertiary/aromatic N) is 2. The van der Waals surface area contributed by atoms with Gasteiger partial charge in [0.2, 0.25) is 5.75 Å². The summed E-state index contributed by atoms with van der Waals surface area (Å²) in [6, 6.07) is 7.42. The molecule has 0 N–H and O–H groups in total. The average molecular weight is 429 g/mol. The van der Waals surface area contributed by atoms with Gasteiger partial charge in [0, 0.05) is 16.5 Å². The quantitative estimate of drug-likeness (QED) is 0.292. The first-order valence-corrected chi connectivity index (χ1v) is 11.2. The Labute approximate surface area is 178 Å². The van der Waals surface area contributed by atoms with Crippen LogP contribution in [-0.2, 0) is 22.9 Å². The lowest BCUT2D eigenvalue weighted by molar-refractivity contribution is -0.385. The molecule has 0 unspecified atom stereocenters. The Morgan fingerprint density at radius 3 is 2.90 bits per heavy atom. The van der Waals surface area contributed by atoms with Gasteiger partial charge in [0.25, 0.3) is 0 Å². The average Bonchev–Trinajstić information content (AvgIpc) is 3.23. The minimum absolute atomic E-state index is 0.0364. The van der Waals surface area contributed by atoms with Crippen molar-refractivity contribution in [2.24, 2.45) is 0 Å². The summed E-state index contributed by atoms with van der Waals surface area (Å²) in [5.41, 5.74) is 4.45. The molecular formula is C22H24N2O5S. The summed E-state index contributed by atoms with van der Waals surface area (Å²) in [4.78, 5) is 22.4. The third-order valence-electron chi connectivity index (χ3n) is 6.16. The summed E-state index contributed by atoms with van der Waals surface area (Å²) in [5, 5.41) is 11.6. The van der Waals surface area contributed by atoms with Crippen LogP contribution in [0.2, 0.25) is 0 Å². The number of hydrogen-bond acceptors (Lipinski definition) is 6. The Kier molecular flexibility index (Phi) is 5.22. The lowest BCUT2D eigenvalue weighted by Crippen LogP contribution is -2.07. The Morgan fingerprint density at radius 1 is 1.30 bits per heavy atom. The van der Waals surface area contributed by atoms with Gasteiger partial charge in [-0.2, -0.15) is 0 Å². The highest BCUT2D eigenvalue weighted by atomic mass is 32.1. The van der Waals surface area contributed by atoms with Gasteiger partial charge in [0.15, 0.2) is 0 Å². The van der Waals surface area contributed by atoms with Gasteiger partial charge in [-0.1, -0.05) is 25.3 Å². The number of thiophene rings is 1. The molecule has 1 aromatic carbocycles. The second-order valence-corrected chi connectivity index (χ2v) is 9.00. The van der Waals surface area contributed by atoms with E-state index in [9.17, 15) is 10.1 Å². The van der Waals surface area contributed by atoms with Crippen molar-refractivity contribution in [1.82, 2.24) is 4.57 Å². The molecule has 0 saturated heterocycles. The first-order valence-electron chi connectivity index (χ1n) is 10.4. The number of hydrogen-bond donors (Lipinski definition) is 0. The summed E-state index contributed by atoms with van der Waals surface area (Å²) in [6.45, 7) is 1.47. The normalized spacial score (nSPS) is 16.7. The van der Waals surface area contributed by atoms with Gasteiger partial charge < -0.3 is 9.30 Å². The smallest absolute Gasteiger partial charge is 0.311 e. The molecule has 8 heteroatoms. The molecular weight excluding hydrogens is 404 g/mol. The number of para-hydroxylation sites is 1. The van der Waals surface area contributed by atoms with Gasteiger partial charge in [-0.3, -0.25) is 10.1 Å². The number of ether oxygens (including phenoxy) is 1. The predicted octanol–water partition coefficient (Wildman–Crippen LogP) is 5.80. The minimum atomic E-state index is -0.347. The maximum atomic E-state index is 11.6. The molecule has 5 rings (SSSR count). The van der Waals surface area contributed by atoms with Crippen molar-refractivity contribution >= 4 is 27.2 Å². The number of fused-ring (bicyclic) bond motifs is 5. The van der Waals surface area contributed by atoms with Crippen molar-refractivity contribution in [3.05, 3.63) is 44.8 Å². The Hall–Kier alpha value is -2.42. The fraction of sp³-hybridized carbons (Fsp3) is 0.455. The van der Waals surface area contributed by atoms with Gasteiger partial charge >= 0.3 is 5.69 Å². The Balaban J connectivity index is 1.76. The summed E-state index contributed by atoms with van der Waals surface area (Å²) in [7, 11) is 1.52. The molecule has 3 heterocycles. The summed E-state index contributed by atoms with van der Waals surface area (Å²) >= 11 is 1.74.